The number of fused-ring (bicyclic) bond motifs is 1. The summed E-state index contributed by atoms with van der Waals surface area (Å²) >= 11 is 0. The molecule has 4 rings (SSSR count). The standard InChI is InChI=1S/C23H26N6O/c1-6-28-20-10-8-7-9-18(20)24-21(28)14-27(5)23(30)22-17(4)25-29(26-22)19-12-11-15(2)13-16(19)3/h7-13H,6,14H2,1-5H3. The molecule has 30 heavy (non-hydrogen) atoms. The summed E-state index contributed by atoms with van der Waals surface area (Å²) in [6.07, 6.45) is 0. The predicted molar refractivity (Wildman–Crippen MR) is 117 cm³/mol. The van der Waals surface area contributed by atoms with Gasteiger partial charge in [0.2, 0.25) is 0 Å². The third-order valence-electron chi connectivity index (χ3n) is 5.33. The SMILES string of the molecule is CCn1c(CN(C)C(=O)c2nn(-c3ccc(C)cc3C)nc2C)nc2ccccc21. The Balaban J connectivity index is 1.61. The Morgan fingerprint density at radius 1 is 1.07 bits per heavy atom. The van der Waals surface area contributed by atoms with Crippen LogP contribution in [0, 0.1) is 20.8 Å². The number of aryl methyl sites for hydroxylation is 4. The van der Waals surface area contributed by atoms with Gasteiger partial charge in [0, 0.05) is 13.6 Å². The van der Waals surface area contributed by atoms with E-state index in [1.165, 1.54) is 5.56 Å². The van der Waals surface area contributed by atoms with Crippen molar-refractivity contribution >= 4 is 16.9 Å². The van der Waals surface area contributed by atoms with Crippen molar-refractivity contribution in [1.29, 1.82) is 0 Å². The molecule has 0 spiro atoms. The normalized spacial score (nSPS) is 11.2. The van der Waals surface area contributed by atoms with Crippen LogP contribution in [0.2, 0.25) is 0 Å². The van der Waals surface area contributed by atoms with Crippen LogP contribution < -0.4 is 0 Å². The second-order valence-electron chi connectivity index (χ2n) is 7.64. The number of carbonyl (C=O) groups is 1. The van der Waals surface area contributed by atoms with E-state index in [2.05, 4.69) is 33.8 Å². The number of aromatic nitrogens is 5. The number of hydrogen-bond acceptors (Lipinski definition) is 4. The predicted octanol–water partition coefficient (Wildman–Crippen LogP) is 3.83. The van der Waals surface area contributed by atoms with E-state index in [1.54, 1.807) is 16.7 Å². The maximum absolute atomic E-state index is 13.1. The molecular formula is C23H26N6O. The molecule has 2 heterocycles. The van der Waals surface area contributed by atoms with Crippen molar-refractivity contribution in [2.45, 2.75) is 40.8 Å². The van der Waals surface area contributed by atoms with E-state index in [0.717, 1.165) is 34.7 Å². The van der Waals surface area contributed by atoms with Crippen LogP contribution in [0.1, 0.15) is 40.1 Å². The molecule has 0 aliphatic rings. The number of hydrogen-bond donors (Lipinski definition) is 0. The van der Waals surface area contributed by atoms with Crippen LogP contribution in [0.15, 0.2) is 42.5 Å². The average molecular weight is 403 g/mol. The molecule has 0 saturated carbocycles. The third-order valence-corrected chi connectivity index (χ3v) is 5.33. The van der Waals surface area contributed by atoms with Crippen molar-refractivity contribution in [3.05, 3.63) is 70.8 Å². The lowest BCUT2D eigenvalue weighted by Crippen LogP contribution is -2.28. The quantitative estimate of drug-likeness (QED) is 0.509. The van der Waals surface area contributed by atoms with Gasteiger partial charge in [0.15, 0.2) is 5.69 Å². The van der Waals surface area contributed by atoms with E-state index in [1.807, 2.05) is 51.1 Å². The summed E-state index contributed by atoms with van der Waals surface area (Å²) in [5, 5.41) is 8.99. The molecule has 0 bridgehead atoms. The maximum atomic E-state index is 13.1. The molecule has 1 amide bonds. The molecule has 4 aromatic rings. The fraction of sp³-hybridized carbons (Fsp3) is 0.304. The first-order valence-corrected chi connectivity index (χ1v) is 10.1. The van der Waals surface area contributed by atoms with Crippen molar-refractivity contribution in [1.82, 2.24) is 29.4 Å². The van der Waals surface area contributed by atoms with Crippen molar-refractivity contribution in [2.24, 2.45) is 0 Å². The highest BCUT2D eigenvalue weighted by Crippen LogP contribution is 2.19. The summed E-state index contributed by atoms with van der Waals surface area (Å²) in [5.41, 5.74) is 6.09. The van der Waals surface area contributed by atoms with Crippen molar-refractivity contribution in [2.75, 3.05) is 7.05 Å². The molecule has 0 aliphatic carbocycles. The molecule has 0 saturated heterocycles. The van der Waals surface area contributed by atoms with Gasteiger partial charge in [-0.3, -0.25) is 4.79 Å². The zero-order chi connectivity index (χ0) is 21.4. The number of benzene rings is 2. The Labute approximate surface area is 176 Å². The minimum absolute atomic E-state index is 0.168. The lowest BCUT2D eigenvalue weighted by molar-refractivity contribution is 0.0773. The van der Waals surface area contributed by atoms with Crippen LogP contribution >= 0.6 is 0 Å². The van der Waals surface area contributed by atoms with E-state index >= 15 is 0 Å². The molecule has 0 radical (unpaired) electrons. The van der Waals surface area contributed by atoms with E-state index in [0.29, 0.717) is 17.9 Å². The van der Waals surface area contributed by atoms with Gasteiger partial charge in [0.25, 0.3) is 5.91 Å². The van der Waals surface area contributed by atoms with E-state index in [-0.39, 0.29) is 5.91 Å². The molecule has 0 unspecified atom stereocenters. The second kappa shape index (κ2) is 7.74. The summed E-state index contributed by atoms with van der Waals surface area (Å²) in [6, 6.07) is 14.1. The molecule has 7 heteroatoms. The number of imidazole rings is 1. The number of rotatable bonds is 5. The lowest BCUT2D eigenvalue weighted by Gasteiger charge is -2.16. The highest BCUT2D eigenvalue weighted by Gasteiger charge is 2.22. The molecule has 0 fully saturated rings. The fourth-order valence-corrected chi connectivity index (χ4v) is 3.78. The van der Waals surface area contributed by atoms with Crippen LogP contribution in [0.4, 0.5) is 0 Å². The molecular weight excluding hydrogens is 376 g/mol. The first-order chi connectivity index (χ1) is 14.4. The van der Waals surface area contributed by atoms with Gasteiger partial charge in [-0.15, -0.1) is 5.10 Å². The van der Waals surface area contributed by atoms with Crippen molar-refractivity contribution in [3.63, 3.8) is 0 Å². The van der Waals surface area contributed by atoms with E-state index in [4.69, 9.17) is 4.98 Å². The summed E-state index contributed by atoms with van der Waals surface area (Å²) in [4.78, 5) is 21.1. The Hall–Kier alpha value is -3.48. The molecule has 7 nitrogen and oxygen atoms in total. The zero-order valence-corrected chi connectivity index (χ0v) is 18.0. The number of amides is 1. The lowest BCUT2D eigenvalue weighted by atomic mass is 10.1. The molecule has 2 aromatic heterocycles. The number of para-hydroxylation sites is 2. The Morgan fingerprint density at radius 3 is 2.57 bits per heavy atom. The average Bonchev–Trinajstić information content (AvgIpc) is 3.27. The van der Waals surface area contributed by atoms with Crippen LogP contribution in [-0.4, -0.2) is 42.4 Å². The highest BCUT2D eigenvalue weighted by atomic mass is 16.2. The van der Waals surface area contributed by atoms with Crippen LogP contribution in [0.25, 0.3) is 16.7 Å². The van der Waals surface area contributed by atoms with Crippen molar-refractivity contribution < 1.29 is 4.79 Å². The molecule has 0 N–H and O–H groups in total. The van der Waals surface area contributed by atoms with Crippen LogP contribution in [-0.2, 0) is 13.1 Å². The van der Waals surface area contributed by atoms with Gasteiger partial charge in [-0.25, -0.2) is 4.98 Å². The Kier molecular flexibility index (Phi) is 5.11. The second-order valence-corrected chi connectivity index (χ2v) is 7.64. The van der Waals surface area contributed by atoms with Crippen molar-refractivity contribution in [3.8, 4) is 5.69 Å². The van der Waals surface area contributed by atoms with Gasteiger partial charge in [-0.2, -0.15) is 9.90 Å². The van der Waals surface area contributed by atoms with Gasteiger partial charge in [0.05, 0.1) is 29.0 Å². The maximum Gasteiger partial charge on any atom is 0.276 e. The summed E-state index contributed by atoms with van der Waals surface area (Å²) in [7, 11) is 1.78. The smallest absolute Gasteiger partial charge is 0.276 e. The monoisotopic (exact) mass is 402 g/mol. The number of nitrogens with zero attached hydrogens (tertiary/aromatic N) is 6. The highest BCUT2D eigenvalue weighted by molar-refractivity contribution is 5.93. The Bertz CT molecular complexity index is 1240. The van der Waals surface area contributed by atoms with Gasteiger partial charge >= 0.3 is 0 Å². The Morgan fingerprint density at radius 2 is 1.83 bits per heavy atom. The van der Waals surface area contributed by atoms with E-state index in [9.17, 15) is 4.79 Å². The first kappa shape index (κ1) is 19.8. The van der Waals surface area contributed by atoms with Gasteiger partial charge in [-0.05, 0) is 51.5 Å². The minimum atomic E-state index is -0.168. The zero-order valence-electron chi connectivity index (χ0n) is 18.0. The van der Waals surface area contributed by atoms with Gasteiger partial charge < -0.3 is 9.47 Å². The molecule has 0 aliphatic heterocycles. The molecule has 154 valence electrons. The van der Waals surface area contributed by atoms with Crippen LogP contribution in [0.3, 0.4) is 0 Å². The third kappa shape index (κ3) is 3.47. The van der Waals surface area contributed by atoms with E-state index < -0.39 is 0 Å². The topological polar surface area (TPSA) is 68.8 Å². The van der Waals surface area contributed by atoms with Gasteiger partial charge in [0.1, 0.15) is 5.82 Å². The summed E-state index contributed by atoms with van der Waals surface area (Å²) in [5.74, 6) is 0.687. The molecule has 0 atom stereocenters. The largest absolute Gasteiger partial charge is 0.333 e. The number of carbonyl (C=O) groups excluding carboxylic acids is 1. The fourth-order valence-electron chi connectivity index (χ4n) is 3.78. The molecule has 2 aromatic carbocycles. The minimum Gasteiger partial charge on any atom is -0.333 e. The van der Waals surface area contributed by atoms with Crippen LogP contribution in [0.5, 0.6) is 0 Å². The summed E-state index contributed by atoms with van der Waals surface area (Å²) < 4.78 is 2.14. The summed E-state index contributed by atoms with van der Waals surface area (Å²) in [6.45, 7) is 9.15. The van der Waals surface area contributed by atoms with Gasteiger partial charge in [-0.1, -0.05) is 29.8 Å². The first-order valence-electron chi connectivity index (χ1n) is 10.1.